The first-order valence-electron chi connectivity index (χ1n) is 12.9. The molecule has 4 heteroatoms. The summed E-state index contributed by atoms with van der Waals surface area (Å²) >= 11 is 6.95. The Morgan fingerprint density at radius 1 is 0.567 bits per heavy atom. The maximum Gasteiger partial charge on any atom is 0.0326 e. The van der Waals surface area contributed by atoms with Crippen molar-refractivity contribution in [1.29, 1.82) is 0 Å². The van der Waals surface area contributed by atoms with Crippen molar-refractivity contribution in [2.45, 2.75) is 119 Å². The third-order valence-corrected chi connectivity index (χ3v) is 15.8. The summed E-state index contributed by atoms with van der Waals surface area (Å²) in [5.74, 6) is -2.06. The molecule has 0 aromatic rings. The van der Waals surface area contributed by atoms with Crippen molar-refractivity contribution in [3.63, 3.8) is 0 Å². The van der Waals surface area contributed by atoms with Crippen LogP contribution in [0.5, 0.6) is 0 Å². The Labute approximate surface area is 214 Å². The molecule has 0 atom stereocenters. The Hall–Kier alpha value is 1.89. The van der Waals surface area contributed by atoms with Crippen LogP contribution in [0.25, 0.3) is 0 Å². The van der Waals surface area contributed by atoms with Crippen molar-refractivity contribution in [1.82, 2.24) is 0 Å². The first-order chi connectivity index (χ1) is 13.6. The van der Waals surface area contributed by atoms with Crippen LogP contribution in [-0.2, 0) is 22.4 Å². The molecule has 0 bridgehead atoms. The normalized spacial score (nSPS) is 13.0. The number of hydrogen-bond acceptors (Lipinski definition) is 0. The summed E-state index contributed by atoms with van der Waals surface area (Å²) in [4.78, 5) is 0. The third kappa shape index (κ3) is 20.5. The van der Waals surface area contributed by atoms with E-state index in [4.69, 9.17) is 11.2 Å². The predicted molar refractivity (Wildman–Crippen MR) is 149 cm³/mol. The number of rotatable bonds is 18. The van der Waals surface area contributed by atoms with Crippen molar-refractivity contribution < 1.29 is 22.4 Å². The number of halogens is 1. The van der Waals surface area contributed by atoms with E-state index in [2.05, 4.69) is 54.9 Å². The molecule has 0 aromatic carbocycles. The van der Waals surface area contributed by atoms with E-state index in [0.29, 0.717) is 0 Å². The molecule has 0 nitrogen and oxygen atoms in total. The van der Waals surface area contributed by atoms with Gasteiger partial charge in [-0.25, -0.2) is 0 Å². The van der Waals surface area contributed by atoms with Gasteiger partial charge in [-0.3, -0.25) is 0 Å². The Morgan fingerprint density at radius 3 is 1.00 bits per heavy atom. The van der Waals surface area contributed by atoms with Gasteiger partial charge >= 0.3 is 124 Å². The first-order valence-corrected chi connectivity index (χ1v) is 19.4. The molecule has 0 saturated heterocycles. The van der Waals surface area contributed by atoms with Gasteiger partial charge in [0.1, 0.15) is 0 Å². The monoisotopic (exact) mass is 664 g/mol. The standard InChI is InChI=1S/C13H29ClP.C13H29P.Au/c1-5-8-11-15(4,14,12-9-6-2)13-10-7-3;1-5-8-11-14(4,12-9-6-2)13-10-7-3;/h4-13H2,1-3H3;4-13H2,1-3H3;/q-1;;+1. The van der Waals surface area contributed by atoms with E-state index in [-0.39, 0.29) is 22.4 Å². The third-order valence-electron chi connectivity index (χ3n) is 6.17. The van der Waals surface area contributed by atoms with E-state index in [9.17, 15) is 0 Å². The van der Waals surface area contributed by atoms with Gasteiger partial charge in [-0.05, 0) is 19.3 Å². The average Bonchev–Trinajstić information content (AvgIpc) is 2.72. The fraction of sp³-hybridized carbons (Fsp3) is 0.923. The summed E-state index contributed by atoms with van der Waals surface area (Å²) in [7, 11) is -0.769. The van der Waals surface area contributed by atoms with Crippen LogP contribution in [0.15, 0.2) is 0 Å². The average molecular weight is 665 g/mol. The van der Waals surface area contributed by atoms with Crippen LogP contribution < -0.4 is 0 Å². The molecule has 0 rings (SSSR count). The molecule has 0 saturated carbocycles. The topological polar surface area (TPSA) is 0 Å². The molecule has 190 valence electrons. The second-order valence-electron chi connectivity index (χ2n) is 9.62. The van der Waals surface area contributed by atoms with Crippen molar-refractivity contribution in [3.8, 4) is 0 Å². The van der Waals surface area contributed by atoms with Crippen LogP contribution in [0.2, 0.25) is 0 Å². The molecule has 0 aliphatic rings. The van der Waals surface area contributed by atoms with Gasteiger partial charge in [0.2, 0.25) is 0 Å². The minimum atomic E-state index is -2.06. The van der Waals surface area contributed by atoms with Crippen LogP contribution in [0, 0.1) is 13.3 Å². The fourth-order valence-corrected chi connectivity index (χ4v) is 12.5. The van der Waals surface area contributed by atoms with Crippen molar-refractivity contribution in [2.24, 2.45) is 0 Å². The molecule has 0 radical (unpaired) electrons. The van der Waals surface area contributed by atoms with Gasteiger partial charge in [0, 0.05) is 18.5 Å². The van der Waals surface area contributed by atoms with Crippen LogP contribution in [-0.4, -0.2) is 37.0 Å². The Morgan fingerprint density at radius 2 is 0.800 bits per heavy atom. The van der Waals surface area contributed by atoms with E-state index in [0.717, 1.165) is 0 Å². The summed E-state index contributed by atoms with van der Waals surface area (Å²) in [5.41, 5.74) is 0. The predicted octanol–water partition coefficient (Wildman–Crippen LogP) is 11.1. The largest absolute Gasteiger partial charge is 0.180 e. The summed E-state index contributed by atoms with van der Waals surface area (Å²) in [6, 6.07) is 0. The van der Waals surface area contributed by atoms with Gasteiger partial charge in [-0.2, -0.15) is 6.66 Å². The van der Waals surface area contributed by atoms with E-state index in [1.807, 2.05) is 0 Å². The van der Waals surface area contributed by atoms with Crippen LogP contribution >= 0.6 is 24.5 Å². The van der Waals surface area contributed by atoms with Crippen LogP contribution in [0.1, 0.15) is 119 Å². The maximum atomic E-state index is 6.95. The van der Waals surface area contributed by atoms with E-state index in [1.165, 1.54) is 114 Å². The Balaban J connectivity index is -0.000000471. The van der Waals surface area contributed by atoms with E-state index < -0.39 is 13.2 Å². The zero-order valence-corrected chi connectivity index (χ0v) is 26.4. The summed E-state index contributed by atoms with van der Waals surface area (Å²) in [5, 5.41) is 0. The van der Waals surface area contributed by atoms with Crippen molar-refractivity contribution in [3.05, 3.63) is 13.3 Å². The minimum absolute atomic E-state index is 0. The summed E-state index contributed by atoms with van der Waals surface area (Å²) in [6.07, 6.45) is 23.7. The van der Waals surface area contributed by atoms with Gasteiger partial charge in [0.05, 0.1) is 0 Å². The Kier molecular flexibility index (Phi) is 26.0. The summed E-state index contributed by atoms with van der Waals surface area (Å²) in [6.45, 7) is 22.7. The molecule has 0 heterocycles. The van der Waals surface area contributed by atoms with E-state index in [1.54, 1.807) is 0 Å². The fourth-order valence-electron chi connectivity index (χ4n) is 3.81. The molecule has 0 fully saturated rings. The maximum absolute atomic E-state index is 6.95. The zero-order chi connectivity index (χ0) is 22.7. The van der Waals surface area contributed by atoms with E-state index >= 15 is 0 Å². The quantitative estimate of drug-likeness (QED) is 0.0777. The molecule has 0 unspecified atom stereocenters. The van der Waals surface area contributed by atoms with Gasteiger partial charge < -0.3 is 0 Å². The van der Waals surface area contributed by atoms with Crippen LogP contribution in [0.4, 0.5) is 0 Å². The molecule has 0 aromatic heterocycles. The second-order valence-corrected chi connectivity index (χ2v) is 21.5. The zero-order valence-electron chi connectivity index (χ0n) is 21.7. The summed E-state index contributed by atoms with van der Waals surface area (Å²) < 4.78 is 0. The van der Waals surface area contributed by atoms with Gasteiger partial charge in [-0.1, -0.05) is 40.0 Å². The molecule has 0 amide bonds. The molecule has 0 N–H and O–H groups in total. The molecular weight excluding hydrogens is 607 g/mol. The molecule has 0 spiro atoms. The smallest absolute Gasteiger partial charge is 0.0326 e. The van der Waals surface area contributed by atoms with Crippen LogP contribution in [0.3, 0.4) is 0 Å². The SMILES string of the molecule is [Au+].[CH2-]P(Cl)(CCCC)(CCCC)CCCC.[CH2-][P+](CCCC)(CCCC)CCCC. The van der Waals surface area contributed by atoms with Gasteiger partial charge in [-0.15, -0.1) is 7.26 Å². The van der Waals surface area contributed by atoms with Crippen molar-refractivity contribution in [2.75, 3.05) is 37.0 Å². The number of unbranched alkanes of at least 4 members (excludes halogenated alkanes) is 6. The molecule has 0 aliphatic heterocycles. The molecule has 0 aliphatic carbocycles. The molecular formula is C26H58AuClP2. The van der Waals surface area contributed by atoms with Gasteiger partial charge in [0.25, 0.3) is 0 Å². The second kappa shape index (κ2) is 21.4. The number of hydrogen-bond donors (Lipinski definition) is 0. The minimum Gasteiger partial charge on any atom is -0.180 e. The van der Waals surface area contributed by atoms with Gasteiger partial charge in [0.15, 0.2) is 0 Å². The Bertz CT molecular complexity index is 311. The van der Waals surface area contributed by atoms with Crippen molar-refractivity contribution >= 4 is 24.5 Å². The molecule has 30 heavy (non-hydrogen) atoms. The first kappa shape index (κ1) is 36.5.